The maximum Gasteiger partial charge on any atom is 0.228 e. The molecule has 3 aromatic carbocycles. The van der Waals surface area contributed by atoms with Gasteiger partial charge in [-0.2, -0.15) is 0 Å². The smallest absolute Gasteiger partial charge is 0.228 e. The summed E-state index contributed by atoms with van der Waals surface area (Å²) in [6, 6.07) is 18.2. The molecule has 1 N–H and O–H groups in total. The fourth-order valence-electron chi connectivity index (χ4n) is 4.18. The topological polar surface area (TPSA) is 50.9 Å². The first-order valence-electron chi connectivity index (χ1n) is 9.68. The number of fused-ring (bicyclic) bond motifs is 4. The summed E-state index contributed by atoms with van der Waals surface area (Å²) in [4.78, 5) is 12.8. The summed E-state index contributed by atoms with van der Waals surface area (Å²) in [5, 5.41) is 5.35. The second kappa shape index (κ2) is 6.08. The number of carbonyl (C=O) groups excluding carboxylic acids is 1. The molecule has 28 heavy (non-hydrogen) atoms. The van der Waals surface area contributed by atoms with E-state index < -0.39 is 0 Å². The van der Waals surface area contributed by atoms with Crippen molar-refractivity contribution in [3.63, 3.8) is 0 Å². The average Bonchev–Trinajstić information content (AvgIpc) is 3.45. The van der Waals surface area contributed by atoms with Crippen molar-refractivity contribution in [1.82, 2.24) is 0 Å². The number of epoxide rings is 1. The molecule has 0 aliphatic carbocycles. The lowest BCUT2D eigenvalue weighted by Crippen LogP contribution is -2.37. The van der Waals surface area contributed by atoms with E-state index >= 15 is 0 Å². The lowest BCUT2D eigenvalue weighted by atomic mass is 9.93. The SMILES string of the molecule is Cc1cc2c(cc1NC(=O)Cc1cccc3ccccc13)[C@H]1O[C@H]1C(C)(C)O2. The van der Waals surface area contributed by atoms with Crippen molar-refractivity contribution < 1.29 is 14.3 Å². The molecular formula is C24H23NO3. The molecule has 1 saturated heterocycles. The van der Waals surface area contributed by atoms with Gasteiger partial charge in [0.25, 0.3) is 0 Å². The molecular weight excluding hydrogens is 350 g/mol. The second-order valence-corrected chi connectivity index (χ2v) is 8.25. The summed E-state index contributed by atoms with van der Waals surface area (Å²) >= 11 is 0. The van der Waals surface area contributed by atoms with Crippen molar-refractivity contribution in [3.8, 4) is 5.75 Å². The summed E-state index contributed by atoms with van der Waals surface area (Å²) < 4.78 is 11.9. The van der Waals surface area contributed by atoms with Gasteiger partial charge in [-0.25, -0.2) is 0 Å². The Labute approximate surface area is 164 Å². The minimum absolute atomic E-state index is 0.0234. The van der Waals surface area contributed by atoms with Gasteiger partial charge in [-0.15, -0.1) is 0 Å². The molecule has 1 amide bonds. The molecule has 4 nitrogen and oxygen atoms in total. The van der Waals surface area contributed by atoms with Crippen LogP contribution in [0.4, 0.5) is 5.69 Å². The predicted molar refractivity (Wildman–Crippen MR) is 110 cm³/mol. The standard InChI is InChI=1S/C24H23NO3/c1-14-11-20-18(22-23(27-22)24(2,3)28-20)13-19(14)25-21(26)12-16-9-6-8-15-7-4-5-10-17(15)16/h4-11,13,22-23H,12H2,1-3H3,(H,25,26)/t22-,23-/m1/s1. The molecule has 2 aliphatic rings. The summed E-state index contributed by atoms with van der Waals surface area (Å²) in [6.45, 7) is 6.09. The molecule has 0 radical (unpaired) electrons. The minimum atomic E-state index is -0.316. The predicted octanol–water partition coefficient (Wildman–Crippen LogP) is 4.94. The fraction of sp³-hybridized carbons (Fsp3) is 0.292. The Morgan fingerprint density at radius 2 is 1.89 bits per heavy atom. The maximum absolute atomic E-state index is 12.8. The molecule has 0 bridgehead atoms. The molecule has 0 spiro atoms. The lowest BCUT2D eigenvalue weighted by Gasteiger charge is -2.30. The molecule has 2 aliphatic heterocycles. The Morgan fingerprint density at radius 1 is 1.11 bits per heavy atom. The highest BCUT2D eigenvalue weighted by molar-refractivity contribution is 5.96. The van der Waals surface area contributed by atoms with Gasteiger partial charge >= 0.3 is 0 Å². The van der Waals surface area contributed by atoms with Crippen LogP contribution in [0.15, 0.2) is 54.6 Å². The van der Waals surface area contributed by atoms with Crippen molar-refractivity contribution in [2.24, 2.45) is 0 Å². The summed E-state index contributed by atoms with van der Waals surface area (Å²) in [7, 11) is 0. The highest BCUT2D eigenvalue weighted by atomic mass is 16.6. The number of ether oxygens (including phenoxy) is 2. The quantitative estimate of drug-likeness (QED) is 0.662. The molecule has 5 rings (SSSR count). The molecule has 2 heterocycles. The Morgan fingerprint density at radius 3 is 2.75 bits per heavy atom. The van der Waals surface area contributed by atoms with Gasteiger partial charge in [-0.05, 0) is 54.8 Å². The van der Waals surface area contributed by atoms with E-state index in [1.54, 1.807) is 0 Å². The van der Waals surface area contributed by atoms with Crippen LogP contribution in [-0.2, 0) is 16.0 Å². The van der Waals surface area contributed by atoms with E-state index in [1.807, 2.05) is 43.3 Å². The molecule has 0 saturated carbocycles. The van der Waals surface area contributed by atoms with E-state index in [0.29, 0.717) is 6.42 Å². The van der Waals surface area contributed by atoms with Gasteiger partial charge in [-0.3, -0.25) is 4.79 Å². The lowest BCUT2D eigenvalue weighted by molar-refractivity contribution is -0.115. The van der Waals surface area contributed by atoms with Gasteiger partial charge in [0.2, 0.25) is 5.91 Å². The number of aryl methyl sites for hydroxylation is 1. The summed E-state index contributed by atoms with van der Waals surface area (Å²) in [6.07, 6.45) is 0.485. The zero-order valence-corrected chi connectivity index (χ0v) is 16.3. The largest absolute Gasteiger partial charge is 0.485 e. The fourth-order valence-corrected chi connectivity index (χ4v) is 4.18. The highest BCUT2D eigenvalue weighted by Crippen LogP contribution is 2.54. The zero-order valence-electron chi connectivity index (χ0n) is 16.3. The van der Waals surface area contributed by atoms with Gasteiger partial charge in [0.15, 0.2) is 0 Å². The van der Waals surface area contributed by atoms with Crippen LogP contribution in [0.5, 0.6) is 5.75 Å². The van der Waals surface area contributed by atoms with Crippen LogP contribution in [0.25, 0.3) is 10.8 Å². The average molecular weight is 373 g/mol. The van der Waals surface area contributed by atoms with Crippen LogP contribution in [0.3, 0.4) is 0 Å². The van der Waals surface area contributed by atoms with E-state index in [2.05, 4.69) is 37.4 Å². The van der Waals surface area contributed by atoms with Gasteiger partial charge in [0.05, 0.1) is 6.42 Å². The first-order valence-corrected chi connectivity index (χ1v) is 9.68. The van der Waals surface area contributed by atoms with Crippen molar-refractivity contribution in [2.75, 3.05) is 5.32 Å². The zero-order chi connectivity index (χ0) is 19.5. The third kappa shape index (κ3) is 2.85. The number of carbonyl (C=O) groups is 1. The normalized spacial score (nSPS) is 21.4. The van der Waals surface area contributed by atoms with Crippen molar-refractivity contribution in [2.45, 2.75) is 45.0 Å². The molecule has 0 aromatic heterocycles. The number of nitrogens with one attached hydrogen (secondary N) is 1. The second-order valence-electron chi connectivity index (χ2n) is 8.25. The van der Waals surface area contributed by atoms with Crippen LogP contribution >= 0.6 is 0 Å². The van der Waals surface area contributed by atoms with Crippen LogP contribution in [0.2, 0.25) is 0 Å². The van der Waals surface area contributed by atoms with Gasteiger partial charge in [0, 0.05) is 11.3 Å². The van der Waals surface area contributed by atoms with E-state index in [1.165, 1.54) is 0 Å². The monoisotopic (exact) mass is 373 g/mol. The minimum Gasteiger partial charge on any atom is -0.485 e. The third-order valence-corrected chi connectivity index (χ3v) is 5.72. The summed E-state index contributed by atoms with van der Waals surface area (Å²) in [5.41, 5.74) is 3.54. The van der Waals surface area contributed by atoms with E-state index in [-0.39, 0.29) is 23.7 Å². The van der Waals surface area contributed by atoms with Crippen LogP contribution in [-0.4, -0.2) is 17.6 Å². The first-order chi connectivity index (χ1) is 13.4. The molecule has 3 aromatic rings. The number of anilines is 1. The van der Waals surface area contributed by atoms with Gasteiger partial charge in [-0.1, -0.05) is 42.5 Å². The Balaban J connectivity index is 1.39. The van der Waals surface area contributed by atoms with Crippen LogP contribution < -0.4 is 10.1 Å². The number of rotatable bonds is 3. The highest BCUT2D eigenvalue weighted by Gasteiger charge is 2.56. The molecule has 4 heteroatoms. The van der Waals surface area contributed by atoms with E-state index in [9.17, 15) is 4.79 Å². The Kier molecular flexibility index (Phi) is 3.75. The summed E-state index contributed by atoms with van der Waals surface area (Å²) in [5.74, 6) is 0.832. The van der Waals surface area contributed by atoms with E-state index in [4.69, 9.17) is 9.47 Å². The van der Waals surface area contributed by atoms with Crippen LogP contribution in [0.1, 0.15) is 36.6 Å². The Hall–Kier alpha value is -2.85. The van der Waals surface area contributed by atoms with Crippen molar-refractivity contribution in [3.05, 3.63) is 71.3 Å². The van der Waals surface area contributed by atoms with Crippen LogP contribution in [0, 0.1) is 6.92 Å². The van der Waals surface area contributed by atoms with Crippen molar-refractivity contribution in [1.29, 1.82) is 0 Å². The number of amides is 1. The number of hydrogen-bond donors (Lipinski definition) is 1. The third-order valence-electron chi connectivity index (χ3n) is 5.72. The maximum atomic E-state index is 12.8. The first kappa shape index (κ1) is 17.3. The molecule has 142 valence electrons. The van der Waals surface area contributed by atoms with Crippen molar-refractivity contribution >= 4 is 22.4 Å². The molecule has 0 unspecified atom stereocenters. The molecule has 1 fully saturated rings. The van der Waals surface area contributed by atoms with Gasteiger partial charge in [0.1, 0.15) is 23.6 Å². The Bertz CT molecular complexity index is 1100. The number of benzene rings is 3. The van der Waals surface area contributed by atoms with Gasteiger partial charge < -0.3 is 14.8 Å². The number of hydrogen-bond acceptors (Lipinski definition) is 3. The van der Waals surface area contributed by atoms with E-state index in [0.717, 1.165) is 38.9 Å². The molecule has 2 atom stereocenters.